The first kappa shape index (κ1) is 19.2. The molecular formula is C22H27N3O2. The normalized spacial score (nSPS) is 13.1. The molecule has 27 heavy (non-hydrogen) atoms. The number of carbonyl (C=O) groups is 1. The van der Waals surface area contributed by atoms with Gasteiger partial charge in [0.2, 0.25) is 0 Å². The number of fused-ring (bicyclic) bond motifs is 1. The molecule has 0 aliphatic heterocycles. The predicted molar refractivity (Wildman–Crippen MR) is 107 cm³/mol. The number of hydrogen-bond acceptors (Lipinski definition) is 4. The van der Waals surface area contributed by atoms with Gasteiger partial charge in [-0.15, -0.1) is 0 Å². The van der Waals surface area contributed by atoms with E-state index in [1.54, 1.807) is 6.20 Å². The van der Waals surface area contributed by atoms with Crippen LogP contribution in [-0.4, -0.2) is 25.7 Å². The van der Waals surface area contributed by atoms with Crippen molar-refractivity contribution in [2.75, 3.05) is 0 Å². The summed E-state index contributed by atoms with van der Waals surface area (Å²) in [5.41, 5.74) is 3.04. The van der Waals surface area contributed by atoms with Crippen LogP contribution in [0.2, 0.25) is 0 Å². The smallest absolute Gasteiger partial charge is 0.139 e. The highest BCUT2D eigenvalue weighted by molar-refractivity contribution is 5.85. The summed E-state index contributed by atoms with van der Waals surface area (Å²) < 4.78 is 1.88. The molecule has 0 unspecified atom stereocenters. The van der Waals surface area contributed by atoms with Crippen molar-refractivity contribution in [2.45, 2.75) is 58.6 Å². The number of aromatic nitrogens is 3. The quantitative estimate of drug-likeness (QED) is 0.717. The van der Waals surface area contributed by atoms with Crippen molar-refractivity contribution in [1.29, 1.82) is 0 Å². The molecule has 0 bridgehead atoms. The number of nitrogens with zero attached hydrogens (tertiary/aromatic N) is 3. The topological polar surface area (TPSA) is 68.0 Å². The lowest BCUT2D eigenvalue weighted by molar-refractivity contribution is -0.118. The number of aliphatic hydroxyl groups excluding tert-OH is 1. The molecule has 3 aromatic rings. The molecule has 2 aromatic heterocycles. The average molecular weight is 365 g/mol. The van der Waals surface area contributed by atoms with E-state index in [0.29, 0.717) is 17.8 Å². The number of carbonyl (C=O) groups excluding carboxylic acids is 1. The molecule has 0 spiro atoms. The molecule has 0 saturated heterocycles. The fourth-order valence-electron chi connectivity index (χ4n) is 3.42. The molecule has 1 N–H and O–H groups in total. The molecule has 0 radical (unpaired) electrons. The Morgan fingerprint density at radius 1 is 1.22 bits per heavy atom. The molecule has 3 rings (SSSR count). The molecule has 1 aromatic carbocycles. The Morgan fingerprint density at radius 2 is 1.93 bits per heavy atom. The fraction of sp³-hybridized carbons (Fsp3) is 0.409. The lowest BCUT2D eigenvalue weighted by atomic mass is 9.94. The van der Waals surface area contributed by atoms with E-state index in [0.717, 1.165) is 16.5 Å². The Balaban J connectivity index is 1.82. The Hall–Kier alpha value is -2.53. The summed E-state index contributed by atoms with van der Waals surface area (Å²) in [5, 5.41) is 15.2. The van der Waals surface area contributed by atoms with Crippen molar-refractivity contribution in [2.24, 2.45) is 0 Å². The van der Waals surface area contributed by atoms with Crippen molar-refractivity contribution in [1.82, 2.24) is 14.8 Å². The van der Waals surface area contributed by atoms with E-state index in [1.165, 1.54) is 0 Å². The van der Waals surface area contributed by atoms with Gasteiger partial charge >= 0.3 is 0 Å². The summed E-state index contributed by atoms with van der Waals surface area (Å²) in [5.74, 6) is 0.314. The second-order valence-electron chi connectivity index (χ2n) is 8.11. The summed E-state index contributed by atoms with van der Waals surface area (Å²) in [6.07, 6.45) is 2.52. The summed E-state index contributed by atoms with van der Waals surface area (Å²) >= 11 is 0. The van der Waals surface area contributed by atoms with Crippen LogP contribution >= 0.6 is 0 Å². The van der Waals surface area contributed by atoms with E-state index < -0.39 is 0 Å². The third-order valence-corrected chi connectivity index (χ3v) is 4.74. The molecule has 0 amide bonds. The molecule has 0 saturated carbocycles. The Morgan fingerprint density at radius 3 is 2.56 bits per heavy atom. The largest absolute Gasteiger partial charge is 0.390 e. The number of rotatable bonds is 6. The van der Waals surface area contributed by atoms with Crippen molar-refractivity contribution < 1.29 is 9.90 Å². The van der Waals surface area contributed by atoms with Gasteiger partial charge < -0.3 is 5.11 Å². The van der Waals surface area contributed by atoms with Gasteiger partial charge in [-0.2, -0.15) is 5.10 Å². The van der Waals surface area contributed by atoms with Gasteiger partial charge in [0.1, 0.15) is 5.78 Å². The lowest BCUT2D eigenvalue weighted by Crippen LogP contribution is -2.23. The van der Waals surface area contributed by atoms with Crippen LogP contribution in [0, 0.1) is 0 Å². The summed E-state index contributed by atoms with van der Waals surface area (Å²) in [6.45, 7) is 8.06. The van der Waals surface area contributed by atoms with Crippen LogP contribution in [0.1, 0.15) is 57.0 Å². The maximum absolute atomic E-state index is 12.6. The van der Waals surface area contributed by atoms with E-state index in [1.807, 2.05) is 41.1 Å². The highest BCUT2D eigenvalue weighted by atomic mass is 16.3. The van der Waals surface area contributed by atoms with E-state index >= 15 is 0 Å². The third-order valence-electron chi connectivity index (χ3n) is 4.74. The molecule has 0 fully saturated rings. The summed E-state index contributed by atoms with van der Waals surface area (Å²) in [6, 6.07) is 12.0. The fourth-order valence-corrected chi connectivity index (χ4v) is 3.42. The van der Waals surface area contributed by atoms with Crippen molar-refractivity contribution >= 4 is 16.7 Å². The molecule has 5 heteroatoms. The second kappa shape index (κ2) is 7.61. The SMILES string of the molecule is C[C@@H](CC(=O)Cc1cc2cnn(C(C)(C)C)c2c(CO)n1)c1ccccc1. The molecule has 0 aliphatic carbocycles. The molecule has 1 atom stereocenters. The van der Waals surface area contributed by atoms with Crippen LogP contribution in [0.25, 0.3) is 10.9 Å². The molecule has 0 aliphatic rings. The maximum atomic E-state index is 12.6. The van der Waals surface area contributed by atoms with Gasteiger partial charge in [-0.25, -0.2) is 0 Å². The molecule has 142 valence electrons. The van der Waals surface area contributed by atoms with Crippen LogP contribution in [0.15, 0.2) is 42.6 Å². The summed E-state index contributed by atoms with van der Waals surface area (Å²) in [4.78, 5) is 17.1. The summed E-state index contributed by atoms with van der Waals surface area (Å²) in [7, 11) is 0. The first-order valence-electron chi connectivity index (χ1n) is 9.34. The second-order valence-corrected chi connectivity index (χ2v) is 8.11. The number of hydrogen-bond donors (Lipinski definition) is 1. The zero-order valence-electron chi connectivity index (χ0n) is 16.4. The van der Waals surface area contributed by atoms with E-state index in [-0.39, 0.29) is 30.3 Å². The third kappa shape index (κ3) is 4.25. The minimum atomic E-state index is -0.212. The Kier molecular flexibility index (Phi) is 5.42. The van der Waals surface area contributed by atoms with E-state index in [2.05, 4.69) is 37.8 Å². The molecule has 2 heterocycles. The number of Topliss-reactive ketones (excluding diaryl/α,β-unsaturated/α-hetero) is 1. The number of ketones is 1. The highest BCUT2D eigenvalue weighted by Crippen LogP contribution is 2.26. The first-order chi connectivity index (χ1) is 12.8. The van der Waals surface area contributed by atoms with Crippen LogP contribution in [0.4, 0.5) is 0 Å². The number of aliphatic hydroxyl groups is 1. The molecule has 5 nitrogen and oxygen atoms in total. The maximum Gasteiger partial charge on any atom is 0.139 e. The lowest BCUT2D eigenvalue weighted by Gasteiger charge is -2.21. The minimum absolute atomic E-state index is 0.144. The van der Waals surface area contributed by atoms with Crippen LogP contribution in [0.3, 0.4) is 0 Å². The number of pyridine rings is 1. The standard InChI is InChI=1S/C22H27N3O2/c1-15(16-8-6-5-7-9-16)10-19(27)12-18-11-17-13-23-25(22(2,3)4)21(17)20(14-26)24-18/h5-9,11,13,15,26H,10,12,14H2,1-4H3/t15-/m0/s1. The minimum Gasteiger partial charge on any atom is -0.390 e. The van der Waals surface area contributed by atoms with Gasteiger partial charge in [0.15, 0.2) is 0 Å². The van der Waals surface area contributed by atoms with Crippen molar-refractivity contribution in [3.05, 3.63) is 59.5 Å². The van der Waals surface area contributed by atoms with E-state index in [9.17, 15) is 9.90 Å². The van der Waals surface area contributed by atoms with Crippen LogP contribution in [-0.2, 0) is 23.4 Å². The zero-order chi connectivity index (χ0) is 19.6. The first-order valence-corrected chi connectivity index (χ1v) is 9.34. The Labute approximate surface area is 160 Å². The van der Waals surface area contributed by atoms with Gasteiger partial charge in [-0.1, -0.05) is 37.3 Å². The highest BCUT2D eigenvalue weighted by Gasteiger charge is 2.21. The van der Waals surface area contributed by atoms with E-state index in [4.69, 9.17) is 0 Å². The van der Waals surface area contributed by atoms with Crippen molar-refractivity contribution in [3.8, 4) is 0 Å². The van der Waals surface area contributed by atoms with Gasteiger partial charge in [0.05, 0.1) is 29.6 Å². The van der Waals surface area contributed by atoms with Gasteiger partial charge in [-0.3, -0.25) is 14.5 Å². The van der Waals surface area contributed by atoms with Crippen LogP contribution in [0.5, 0.6) is 0 Å². The number of benzene rings is 1. The monoisotopic (exact) mass is 365 g/mol. The van der Waals surface area contributed by atoms with Crippen molar-refractivity contribution in [3.63, 3.8) is 0 Å². The molecular weight excluding hydrogens is 338 g/mol. The van der Waals surface area contributed by atoms with Crippen LogP contribution < -0.4 is 0 Å². The van der Waals surface area contributed by atoms with Gasteiger partial charge in [0.25, 0.3) is 0 Å². The Bertz CT molecular complexity index is 939. The average Bonchev–Trinajstić information content (AvgIpc) is 3.06. The van der Waals surface area contributed by atoms with Gasteiger partial charge in [0, 0.05) is 23.9 Å². The zero-order valence-corrected chi connectivity index (χ0v) is 16.4. The van der Waals surface area contributed by atoms with Gasteiger partial charge in [-0.05, 0) is 38.3 Å². The predicted octanol–water partition coefficient (Wildman–Crippen LogP) is 3.98.